The van der Waals surface area contributed by atoms with Gasteiger partial charge in [0.05, 0.1) is 19.9 Å². The minimum Gasteiger partial charge on any atom is -0.493 e. The van der Waals surface area contributed by atoms with E-state index in [1.165, 1.54) is 0 Å². The first kappa shape index (κ1) is 20.1. The second-order valence-corrected chi connectivity index (χ2v) is 6.38. The number of halogens is 1. The van der Waals surface area contributed by atoms with Gasteiger partial charge < -0.3 is 20.1 Å². The van der Waals surface area contributed by atoms with Crippen LogP contribution in [0.2, 0.25) is 0 Å². The van der Waals surface area contributed by atoms with Crippen LogP contribution < -0.4 is 15.2 Å². The van der Waals surface area contributed by atoms with E-state index in [9.17, 15) is 4.79 Å². The van der Waals surface area contributed by atoms with Gasteiger partial charge in [0, 0.05) is 18.2 Å². The maximum Gasteiger partial charge on any atom is 0.272 e. The Kier molecular flexibility index (Phi) is 6.50. The Bertz CT molecular complexity index is 765. The highest BCUT2D eigenvalue weighted by Gasteiger charge is 2.32. The summed E-state index contributed by atoms with van der Waals surface area (Å²) >= 11 is 0. The van der Waals surface area contributed by atoms with Crippen LogP contribution in [-0.2, 0) is 0 Å². The molecule has 3 rings (SSSR count). The van der Waals surface area contributed by atoms with E-state index in [4.69, 9.17) is 15.2 Å². The molecule has 1 aliphatic heterocycles. The van der Waals surface area contributed by atoms with E-state index < -0.39 is 0 Å². The van der Waals surface area contributed by atoms with Crippen molar-refractivity contribution in [2.75, 3.05) is 27.3 Å². The SMILES string of the molecule is COc1ccc(-c2cc(C(=O)N3CC(CN)CC3C)[nH]n2)cc1OC.Cl. The summed E-state index contributed by atoms with van der Waals surface area (Å²) in [5.41, 5.74) is 7.76. The number of hydrogen-bond donors (Lipinski definition) is 2. The molecule has 1 aliphatic rings. The lowest BCUT2D eigenvalue weighted by atomic mass is 10.1. The first-order chi connectivity index (χ1) is 12.1. The number of rotatable bonds is 5. The third kappa shape index (κ3) is 3.78. The van der Waals surface area contributed by atoms with Crippen LogP contribution in [0.1, 0.15) is 23.8 Å². The van der Waals surface area contributed by atoms with Crippen molar-refractivity contribution in [1.82, 2.24) is 15.1 Å². The Hall–Kier alpha value is -2.25. The summed E-state index contributed by atoms with van der Waals surface area (Å²) in [7, 11) is 3.18. The number of methoxy groups -OCH3 is 2. The van der Waals surface area contributed by atoms with Gasteiger partial charge in [0.25, 0.3) is 5.91 Å². The number of carbonyl (C=O) groups excluding carboxylic acids is 1. The number of nitrogens with zero attached hydrogens (tertiary/aromatic N) is 2. The molecule has 2 heterocycles. The molecule has 3 N–H and O–H groups in total. The molecule has 1 amide bonds. The van der Waals surface area contributed by atoms with Gasteiger partial charge in [0.15, 0.2) is 11.5 Å². The molecule has 2 unspecified atom stereocenters. The van der Waals surface area contributed by atoms with Crippen molar-refractivity contribution in [3.05, 3.63) is 30.0 Å². The maximum atomic E-state index is 12.8. The molecule has 8 heteroatoms. The predicted molar refractivity (Wildman–Crippen MR) is 102 cm³/mol. The zero-order chi connectivity index (χ0) is 18.0. The third-order valence-corrected chi connectivity index (χ3v) is 4.74. The summed E-state index contributed by atoms with van der Waals surface area (Å²) in [5, 5.41) is 7.14. The van der Waals surface area contributed by atoms with Gasteiger partial charge in [-0.05, 0) is 50.1 Å². The summed E-state index contributed by atoms with van der Waals surface area (Å²) in [5.74, 6) is 1.60. The number of H-pyrrole nitrogens is 1. The summed E-state index contributed by atoms with van der Waals surface area (Å²) in [6, 6.07) is 7.50. The topological polar surface area (TPSA) is 93.5 Å². The molecule has 0 spiro atoms. The molecule has 142 valence electrons. The molecule has 1 aromatic carbocycles. The molecule has 0 radical (unpaired) electrons. The molecule has 0 saturated carbocycles. The minimum atomic E-state index is -0.0392. The van der Waals surface area contributed by atoms with Crippen molar-refractivity contribution in [3.63, 3.8) is 0 Å². The van der Waals surface area contributed by atoms with Crippen LogP contribution in [0, 0.1) is 5.92 Å². The minimum absolute atomic E-state index is 0. The van der Waals surface area contributed by atoms with Crippen molar-refractivity contribution in [2.45, 2.75) is 19.4 Å². The number of nitrogens with one attached hydrogen (secondary N) is 1. The Morgan fingerprint density at radius 3 is 2.65 bits per heavy atom. The van der Waals surface area contributed by atoms with Crippen molar-refractivity contribution in [1.29, 1.82) is 0 Å². The van der Waals surface area contributed by atoms with Crippen molar-refractivity contribution in [2.24, 2.45) is 11.7 Å². The quantitative estimate of drug-likeness (QED) is 0.830. The van der Waals surface area contributed by atoms with E-state index >= 15 is 0 Å². The predicted octanol–water partition coefficient (Wildman–Crippen LogP) is 2.33. The van der Waals surface area contributed by atoms with E-state index in [0.717, 1.165) is 12.0 Å². The van der Waals surface area contributed by atoms with Gasteiger partial charge in [-0.2, -0.15) is 5.10 Å². The first-order valence-electron chi connectivity index (χ1n) is 8.36. The van der Waals surface area contributed by atoms with E-state index in [1.54, 1.807) is 20.3 Å². The average Bonchev–Trinajstić information content (AvgIpc) is 3.27. The number of aromatic amines is 1. The van der Waals surface area contributed by atoms with E-state index in [1.807, 2.05) is 23.1 Å². The number of amides is 1. The number of carbonyl (C=O) groups is 1. The van der Waals surface area contributed by atoms with Crippen LogP contribution >= 0.6 is 12.4 Å². The lowest BCUT2D eigenvalue weighted by Gasteiger charge is -2.20. The Morgan fingerprint density at radius 2 is 2.04 bits per heavy atom. The number of hydrogen-bond acceptors (Lipinski definition) is 5. The lowest BCUT2D eigenvalue weighted by molar-refractivity contribution is 0.0737. The molecule has 1 saturated heterocycles. The van der Waals surface area contributed by atoms with E-state index in [-0.39, 0.29) is 24.4 Å². The van der Waals surface area contributed by atoms with Gasteiger partial charge >= 0.3 is 0 Å². The van der Waals surface area contributed by atoms with Crippen LogP contribution in [0.4, 0.5) is 0 Å². The highest BCUT2D eigenvalue weighted by molar-refractivity contribution is 5.93. The van der Waals surface area contributed by atoms with Crippen LogP contribution in [0.25, 0.3) is 11.3 Å². The number of benzene rings is 1. The molecule has 2 aromatic rings. The fourth-order valence-electron chi connectivity index (χ4n) is 3.33. The molecule has 1 fully saturated rings. The van der Waals surface area contributed by atoms with Crippen molar-refractivity contribution < 1.29 is 14.3 Å². The van der Waals surface area contributed by atoms with Gasteiger partial charge in [-0.15, -0.1) is 12.4 Å². The largest absolute Gasteiger partial charge is 0.493 e. The number of aromatic nitrogens is 2. The smallest absolute Gasteiger partial charge is 0.272 e. The molecule has 0 bridgehead atoms. The Labute approximate surface area is 159 Å². The zero-order valence-electron chi connectivity index (χ0n) is 15.2. The molecular weight excluding hydrogens is 356 g/mol. The average molecular weight is 381 g/mol. The lowest BCUT2D eigenvalue weighted by Crippen LogP contribution is -2.34. The fraction of sp³-hybridized carbons (Fsp3) is 0.444. The molecular formula is C18H25ClN4O3. The van der Waals surface area contributed by atoms with Crippen LogP contribution in [-0.4, -0.2) is 54.4 Å². The molecule has 7 nitrogen and oxygen atoms in total. The Morgan fingerprint density at radius 1 is 1.31 bits per heavy atom. The fourth-order valence-corrected chi connectivity index (χ4v) is 3.33. The van der Waals surface area contributed by atoms with Crippen LogP contribution in [0.3, 0.4) is 0 Å². The second kappa shape index (κ2) is 8.42. The highest BCUT2D eigenvalue weighted by Crippen LogP contribution is 2.32. The Balaban J connectivity index is 0.00000243. The van der Waals surface area contributed by atoms with Gasteiger partial charge in [-0.1, -0.05) is 0 Å². The summed E-state index contributed by atoms with van der Waals surface area (Å²) < 4.78 is 10.6. The van der Waals surface area contributed by atoms with Crippen LogP contribution in [0.15, 0.2) is 24.3 Å². The molecule has 1 aromatic heterocycles. The van der Waals surface area contributed by atoms with Gasteiger partial charge in [-0.3, -0.25) is 9.89 Å². The van der Waals surface area contributed by atoms with E-state index in [2.05, 4.69) is 17.1 Å². The van der Waals surface area contributed by atoms with Crippen LogP contribution in [0.5, 0.6) is 11.5 Å². The van der Waals surface area contributed by atoms with Crippen molar-refractivity contribution in [3.8, 4) is 22.8 Å². The molecule has 0 aliphatic carbocycles. The number of nitrogens with two attached hydrogens (primary N) is 1. The van der Waals surface area contributed by atoms with Crippen molar-refractivity contribution >= 4 is 18.3 Å². The summed E-state index contributed by atoms with van der Waals surface area (Å²) in [4.78, 5) is 14.6. The normalized spacial score (nSPS) is 19.2. The number of likely N-dealkylation sites (tertiary alicyclic amines) is 1. The van der Waals surface area contributed by atoms with Gasteiger partial charge in [0.2, 0.25) is 0 Å². The maximum absolute atomic E-state index is 12.8. The standard InChI is InChI=1S/C18H24N4O3.ClH/c1-11-6-12(9-19)10-22(11)18(23)15-8-14(20-21-15)13-4-5-16(24-2)17(7-13)25-3;/h4-5,7-8,11-12H,6,9-10,19H2,1-3H3,(H,20,21);1H. The molecule has 2 atom stereocenters. The second-order valence-electron chi connectivity index (χ2n) is 6.38. The number of ether oxygens (including phenoxy) is 2. The van der Waals surface area contributed by atoms with E-state index in [0.29, 0.717) is 41.9 Å². The summed E-state index contributed by atoms with van der Waals surface area (Å²) in [6.45, 7) is 3.36. The first-order valence-corrected chi connectivity index (χ1v) is 8.36. The highest BCUT2D eigenvalue weighted by atomic mass is 35.5. The monoisotopic (exact) mass is 380 g/mol. The van der Waals surface area contributed by atoms with Gasteiger partial charge in [-0.25, -0.2) is 0 Å². The van der Waals surface area contributed by atoms with Gasteiger partial charge in [0.1, 0.15) is 5.69 Å². The third-order valence-electron chi connectivity index (χ3n) is 4.74. The zero-order valence-corrected chi connectivity index (χ0v) is 16.0. The molecule has 26 heavy (non-hydrogen) atoms. The summed E-state index contributed by atoms with van der Waals surface area (Å²) in [6.07, 6.45) is 0.943.